The van der Waals surface area contributed by atoms with Crippen LogP contribution in [0.4, 0.5) is 5.13 Å². The van der Waals surface area contributed by atoms with Gasteiger partial charge in [0.25, 0.3) is 0 Å². The number of benzene rings is 1. The van der Waals surface area contributed by atoms with Gasteiger partial charge in [0.1, 0.15) is 10.8 Å². The van der Waals surface area contributed by atoms with Crippen LogP contribution in [0.3, 0.4) is 0 Å². The largest absolute Gasteiger partial charge is 0.497 e. The van der Waals surface area contributed by atoms with E-state index in [1.165, 1.54) is 11.3 Å². The molecule has 1 heterocycles. The van der Waals surface area contributed by atoms with Crippen molar-refractivity contribution in [1.29, 1.82) is 0 Å². The predicted molar refractivity (Wildman–Crippen MR) is 66.2 cm³/mol. The predicted octanol–water partition coefficient (Wildman–Crippen LogP) is 2.30. The van der Waals surface area contributed by atoms with E-state index in [1.54, 1.807) is 7.11 Å². The average Bonchev–Trinajstić information content (AvgIpc) is 2.73. The van der Waals surface area contributed by atoms with Gasteiger partial charge in [0.05, 0.1) is 7.11 Å². The summed E-state index contributed by atoms with van der Waals surface area (Å²) in [7, 11) is 1.65. The van der Waals surface area contributed by atoms with Crippen LogP contribution in [0.2, 0.25) is 0 Å². The number of aromatic nitrogens is 2. The second-order valence-corrected chi connectivity index (χ2v) is 4.13. The summed E-state index contributed by atoms with van der Waals surface area (Å²) in [6.07, 6.45) is 3.84. The van der Waals surface area contributed by atoms with E-state index in [1.807, 2.05) is 36.4 Å². The average molecular weight is 233 g/mol. The highest BCUT2D eigenvalue weighted by Crippen LogP contribution is 2.16. The molecular weight excluding hydrogens is 222 g/mol. The van der Waals surface area contributed by atoms with Gasteiger partial charge in [0.2, 0.25) is 5.13 Å². The van der Waals surface area contributed by atoms with E-state index in [0.717, 1.165) is 16.3 Å². The Bertz CT molecular complexity index is 490. The summed E-state index contributed by atoms with van der Waals surface area (Å²) in [4.78, 5) is 0. The molecule has 0 bridgehead atoms. The lowest BCUT2D eigenvalue weighted by molar-refractivity contribution is 0.415. The molecule has 2 rings (SSSR count). The number of nitrogen functional groups attached to an aromatic ring is 1. The van der Waals surface area contributed by atoms with Crippen LogP contribution in [-0.4, -0.2) is 17.3 Å². The van der Waals surface area contributed by atoms with Crippen LogP contribution >= 0.6 is 11.3 Å². The normalized spacial score (nSPS) is 10.8. The molecule has 0 aliphatic carbocycles. The van der Waals surface area contributed by atoms with E-state index >= 15 is 0 Å². The second kappa shape index (κ2) is 4.76. The zero-order valence-electron chi connectivity index (χ0n) is 8.75. The summed E-state index contributed by atoms with van der Waals surface area (Å²) < 4.78 is 5.07. The third-order valence-corrected chi connectivity index (χ3v) is 2.71. The second-order valence-electron chi connectivity index (χ2n) is 3.09. The molecule has 0 saturated carbocycles. The van der Waals surface area contributed by atoms with Crippen LogP contribution in [0.15, 0.2) is 24.3 Å². The molecule has 0 atom stereocenters. The molecule has 0 aliphatic heterocycles. The molecule has 1 aromatic carbocycles. The molecule has 0 unspecified atom stereocenters. The number of methoxy groups -OCH3 is 1. The first-order valence-electron chi connectivity index (χ1n) is 4.69. The fraction of sp³-hybridized carbons (Fsp3) is 0.0909. The summed E-state index contributed by atoms with van der Waals surface area (Å²) in [6, 6.07) is 7.77. The van der Waals surface area contributed by atoms with Crippen LogP contribution in [0, 0.1) is 0 Å². The minimum atomic E-state index is 0.481. The fourth-order valence-corrected chi connectivity index (χ4v) is 1.71. The van der Waals surface area contributed by atoms with Crippen molar-refractivity contribution in [2.45, 2.75) is 0 Å². The van der Waals surface area contributed by atoms with Crippen LogP contribution in [0.5, 0.6) is 5.75 Å². The molecule has 0 fully saturated rings. The lowest BCUT2D eigenvalue weighted by atomic mass is 10.2. The molecule has 16 heavy (non-hydrogen) atoms. The van der Waals surface area contributed by atoms with Crippen molar-refractivity contribution >= 4 is 28.6 Å². The molecular formula is C11H11N3OS. The topological polar surface area (TPSA) is 61.0 Å². The fourth-order valence-electron chi connectivity index (χ4n) is 1.20. The smallest absolute Gasteiger partial charge is 0.203 e. The Morgan fingerprint density at radius 1 is 1.19 bits per heavy atom. The Labute approximate surface area is 97.4 Å². The first-order chi connectivity index (χ1) is 7.78. The highest BCUT2D eigenvalue weighted by atomic mass is 32.1. The van der Waals surface area contributed by atoms with E-state index < -0.39 is 0 Å². The number of rotatable bonds is 3. The maximum Gasteiger partial charge on any atom is 0.203 e. The Kier molecular flexibility index (Phi) is 3.16. The molecule has 0 spiro atoms. The number of hydrogen-bond donors (Lipinski definition) is 1. The third kappa shape index (κ3) is 2.58. The standard InChI is InChI=1S/C11H11N3OS/c1-15-9-5-2-8(3-6-9)4-7-10-13-14-11(12)16-10/h2-7H,1H3,(H2,12,14)/b7-4+. The number of hydrogen-bond acceptors (Lipinski definition) is 5. The van der Waals surface area contributed by atoms with Crippen LogP contribution in [0.1, 0.15) is 10.6 Å². The van der Waals surface area contributed by atoms with E-state index in [4.69, 9.17) is 10.5 Å². The Morgan fingerprint density at radius 3 is 2.50 bits per heavy atom. The van der Waals surface area contributed by atoms with Crippen molar-refractivity contribution < 1.29 is 4.74 Å². The van der Waals surface area contributed by atoms with Gasteiger partial charge in [-0.15, -0.1) is 10.2 Å². The van der Waals surface area contributed by atoms with Crippen molar-refractivity contribution in [3.63, 3.8) is 0 Å². The maximum atomic E-state index is 5.48. The van der Waals surface area contributed by atoms with Crippen LogP contribution < -0.4 is 10.5 Å². The summed E-state index contributed by atoms with van der Waals surface area (Å²) >= 11 is 1.36. The molecule has 5 heteroatoms. The lowest BCUT2D eigenvalue weighted by Gasteiger charge is -1.98. The van der Waals surface area contributed by atoms with E-state index in [-0.39, 0.29) is 0 Å². The minimum absolute atomic E-state index is 0.481. The van der Waals surface area contributed by atoms with Crippen molar-refractivity contribution in [2.75, 3.05) is 12.8 Å². The Hall–Kier alpha value is -1.88. The van der Waals surface area contributed by atoms with Crippen LogP contribution in [-0.2, 0) is 0 Å². The highest BCUT2D eigenvalue weighted by Gasteiger charge is 1.95. The molecule has 0 saturated heterocycles. The van der Waals surface area contributed by atoms with Gasteiger partial charge < -0.3 is 10.5 Å². The number of ether oxygens (including phenoxy) is 1. The molecule has 0 radical (unpaired) electrons. The van der Waals surface area contributed by atoms with E-state index in [2.05, 4.69) is 10.2 Å². The maximum absolute atomic E-state index is 5.48. The lowest BCUT2D eigenvalue weighted by Crippen LogP contribution is -1.81. The summed E-state index contributed by atoms with van der Waals surface area (Å²) in [6.45, 7) is 0. The zero-order chi connectivity index (χ0) is 11.4. The highest BCUT2D eigenvalue weighted by molar-refractivity contribution is 7.15. The first kappa shape index (κ1) is 10.6. The Morgan fingerprint density at radius 2 is 1.94 bits per heavy atom. The van der Waals surface area contributed by atoms with Crippen molar-refractivity contribution in [1.82, 2.24) is 10.2 Å². The summed E-state index contributed by atoms with van der Waals surface area (Å²) in [5.74, 6) is 0.845. The number of nitrogens with zero attached hydrogens (tertiary/aromatic N) is 2. The van der Waals surface area contributed by atoms with Crippen LogP contribution in [0.25, 0.3) is 12.2 Å². The summed E-state index contributed by atoms with van der Waals surface area (Å²) in [5, 5.41) is 8.91. The molecule has 0 amide bonds. The minimum Gasteiger partial charge on any atom is -0.497 e. The number of nitrogens with two attached hydrogens (primary N) is 1. The van der Waals surface area contributed by atoms with Gasteiger partial charge >= 0.3 is 0 Å². The molecule has 2 aromatic rings. The van der Waals surface area contributed by atoms with Gasteiger partial charge in [-0.2, -0.15) is 0 Å². The Balaban J connectivity index is 2.11. The van der Waals surface area contributed by atoms with Crippen molar-refractivity contribution in [2.24, 2.45) is 0 Å². The van der Waals surface area contributed by atoms with Gasteiger partial charge in [0, 0.05) is 0 Å². The monoisotopic (exact) mass is 233 g/mol. The molecule has 1 aromatic heterocycles. The summed E-state index contributed by atoms with van der Waals surface area (Å²) in [5.41, 5.74) is 6.56. The van der Waals surface area contributed by atoms with E-state index in [0.29, 0.717) is 5.13 Å². The van der Waals surface area contributed by atoms with Gasteiger partial charge in [-0.25, -0.2) is 0 Å². The van der Waals surface area contributed by atoms with Crippen molar-refractivity contribution in [3.05, 3.63) is 34.8 Å². The number of anilines is 1. The molecule has 2 N–H and O–H groups in total. The first-order valence-corrected chi connectivity index (χ1v) is 5.51. The SMILES string of the molecule is COc1ccc(/C=C/c2nnc(N)s2)cc1. The van der Waals surface area contributed by atoms with E-state index in [9.17, 15) is 0 Å². The molecule has 4 nitrogen and oxygen atoms in total. The van der Waals surface area contributed by atoms with Gasteiger partial charge in [0.15, 0.2) is 0 Å². The van der Waals surface area contributed by atoms with Gasteiger partial charge in [-0.05, 0) is 23.8 Å². The zero-order valence-corrected chi connectivity index (χ0v) is 9.57. The van der Waals surface area contributed by atoms with Crippen molar-refractivity contribution in [3.8, 4) is 5.75 Å². The molecule has 82 valence electrons. The van der Waals surface area contributed by atoms with Gasteiger partial charge in [-0.3, -0.25) is 0 Å². The third-order valence-electron chi connectivity index (χ3n) is 1.99. The van der Waals surface area contributed by atoms with Gasteiger partial charge in [-0.1, -0.05) is 29.5 Å². The quantitative estimate of drug-likeness (QED) is 0.883. The molecule has 0 aliphatic rings.